The Morgan fingerprint density at radius 3 is 2.21 bits per heavy atom. The van der Waals surface area contributed by atoms with Gasteiger partial charge in [0.15, 0.2) is 5.54 Å². The van der Waals surface area contributed by atoms with Crippen LogP contribution in [0, 0.1) is 5.82 Å². The van der Waals surface area contributed by atoms with Crippen molar-refractivity contribution in [1.82, 2.24) is 4.31 Å². The Labute approximate surface area is 270 Å². The van der Waals surface area contributed by atoms with E-state index in [0.717, 1.165) is 20.8 Å². The summed E-state index contributed by atoms with van der Waals surface area (Å²) in [6.07, 6.45) is -0.0248. The molecule has 47 heavy (non-hydrogen) atoms. The molecule has 0 spiro atoms. The minimum Gasteiger partial charge on any atom is -0.457 e. The maximum atomic E-state index is 15.3. The first-order valence-electron chi connectivity index (χ1n) is 14.5. The van der Waals surface area contributed by atoms with Gasteiger partial charge in [0.2, 0.25) is 10.0 Å². The number of carbonyl (C=O) groups excluding carboxylic acids is 4. The molecule has 11 nitrogen and oxygen atoms in total. The van der Waals surface area contributed by atoms with Crippen LogP contribution < -0.4 is 10.6 Å². The summed E-state index contributed by atoms with van der Waals surface area (Å²) >= 11 is 0. The van der Waals surface area contributed by atoms with E-state index in [0.29, 0.717) is 0 Å². The van der Waals surface area contributed by atoms with Gasteiger partial charge in [0, 0.05) is 17.8 Å². The number of nitrogens with zero attached hydrogens (tertiary/aromatic N) is 2. The van der Waals surface area contributed by atoms with Gasteiger partial charge in [-0.25, -0.2) is 32.0 Å². The van der Waals surface area contributed by atoms with Crippen molar-refractivity contribution in [2.75, 3.05) is 18.0 Å². The molecule has 13 heteroatoms. The molecule has 0 bridgehead atoms. The molecule has 1 atom stereocenters. The minimum absolute atomic E-state index is 0.00135. The number of esters is 3. The molecule has 0 radical (unpaired) electrons. The number of primary amides is 1. The lowest BCUT2D eigenvalue weighted by Crippen LogP contribution is -2.53. The van der Waals surface area contributed by atoms with Crippen LogP contribution >= 0.6 is 0 Å². The van der Waals surface area contributed by atoms with Gasteiger partial charge in [0.25, 0.3) is 0 Å². The van der Waals surface area contributed by atoms with Crippen molar-refractivity contribution in [3.8, 4) is 0 Å². The van der Waals surface area contributed by atoms with E-state index in [2.05, 4.69) is 0 Å². The molecule has 2 amide bonds. The van der Waals surface area contributed by atoms with Gasteiger partial charge >= 0.3 is 23.9 Å². The van der Waals surface area contributed by atoms with Crippen LogP contribution in [0.15, 0.2) is 114 Å². The van der Waals surface area contributed by atoms with E-state index in [1.165, 1.54) is 66.7 Å². The first kappa shape index (κ1) is 33.0. The Bertz CT molecular complexity index is 1910. The summed E-state index contributed by atoms with van der Waals surface area (Å²) in [6, 6.07) is 25.9. The van der Waals surface area contributed by atoms with Crippen LogP contribution in [0.25, 0.3) is 0 Å². The summed E-state index contributed by atoms with van der Waals surface area (Å²) in [5, 5.41) is 0. The summed E-state index contributed by atoms with van der Waals surface area (Å²) < 4.78 is 54.3. The largest absolute Gasteiger partial charge is 0.457 e. The molecule has 5 rings (SSSR count). The van der Waals surface area contributed by atoms with Crippen molar-refractivity contribution >= 4 is 39.6 Å². The summed E-state index contributed by atoms with van der Waals surface area (Å²) in [5.41, 5.74) is 3.87. The topological polar surface area (TPSA) is 153 Å². The highest BCUT2D eigenvalue weighted by molar-refractivity contribution is 7.89. The molecular weight excluding hydrogens is 629 g/mol. The van der Waals surface area contributed by atoms with Crippen LogP contribution in [0.2, 0.25) is 0 Å². The van der Waals surface area contributed by atoms with E-state index in [1.807, 2.05) is 6.07 Å². The van der Waals surface area contributed by atoms with Gasteiger partial charge in [-0.2, -0.15) is 4.31 Å². The minimum atomic E-state index is -4.38. The Kier molecular flexibility index (Phi) is 9.78. The highest BCUT2D eigenvalue weighted by Crippen LogP contribution is 2.44. The molecule has 0 aliphatic carbocycles. The van der Waals surface area contributed by atoms with Gasteiger partial charge in [-0.15, -0.1) is 0 Å². The first-order chi connectivity index (χ1) is 22.5. The number of nitrogens with two attached hydrogens (primary N) is 1. The number of hydrogen-bond acceptors (Lipinski definition) is 8. The van der Waals surface area contributed by atoms with Gasteiger partial charge in [-0.1, -0.05) is 72.8 Å². The lowest BCUT2D eigenvalue weighted by atomic mass is 9.88. The van der Waals surface area contributed by atoms with Crippen molar-refractivity contribution in [3.63, 3.8) is 0 Å². The third kappa shape index (κ3) is 6.90. The summed E-state index contributed by atoms with van der Waals surface area (Å²) in [7, 11) is -4.38. The second-order valence-electron chi connectivity index (χ2n) is 10.6. The predicted octanol–water partition coefficient (Wildman–Crippen LogP) is 4.52. The molecular formula is C34H30FN3O8S. The number of sulfonamides is 1. The SMILES string of the molecule is NC(=O)N(CC(=O)OC(=O)C1(c2ccccc2F)CCCN1S(=O)(=O)c1ccccc1)c1cccc(C(=O)OCc2ccccc2)c1. The molecule has 1 unspecified atom stereocenters. The van der Waals surface area contributed by atoms with E-state index in [4.69, 9.17) is 15.2 Å². The molecule has 1 saturated heterocycles. The fourth-order valence-electron chi connectivity index (χ4n) is 5.47. The number of urea groups is 1. The molecule has 4 aromatic rings. The molecule has 1 aliphatic heterocycles. The van der Waals surface area contributed by atoms with Crippen LogP contribution in [0.4, 0.5) is 14.9 Å². The maximum Gasteiger partial charge on any atom is 0.340 e. The average Bonchev–Trinajstić information content (AvgIpc) is 3.54. The molecule has 0 saturated carbocycles. The van der Waals surface area contributed by atoms with Gasteiger partial charge in [-0.05, 0) is 54.8 Å². The summed E-state index contributed by atoms with van der Waals surface area (Å²) in [6.45, 7) is -1.05. The summed E-state index contributed by atoms with van der Waals surface area (Å²) in [5.74, 6) is -4.19. The van der Waals surface area contributed by atoms with Crippen molar-refractivity contribution < 1.29 is 41.5 Å². The maximum absolute atomic E-state index is 15.3. The number of rotatable bonds is 10. The second-order valence-corrected chi connectivity index (χ2v) is 12.5. The molecule has 1 heterocycles. The van der Waals surface area contributed by atoms with Crippen LogP contribution in [0.5, 0.6) is 0 Å². The van der Waals surface area contributed by atoms with Crippen molar-refractivity contribution in [1.29, 1.82) is 0 Å². The third-order valence-corrected chi connectivity index (χ3v) is 9.62. The van der Waals surface area contributed by atoms with Crippen LogP contribution in [0.3, 0.4) is 0 Å². The summed E-state index contributed by atoms with van der Waals surface area (Å²) in [4.78, 5) is 52.9. The van der Waals surface area contributed by atoms with Crippen LogP contribution in [-0.4, -0.2) is 49.8 Å². The number of amides is 2. The van der Waals surface area contributed by atoms with Gasteiger partial charge in [0.1, 0.15) is 19.0 Å². The zero-order chi connectivity index (χ0) is 33.6. The van der Waals surface area contributed by atoms with E-state index in [1.54, 1.807) is 30.3 Å². The fourth-order valence-corrected chi connectivity index (χ4v) is 7.27. The van der Waals surface area contributed by atoms with Gasteiger partial charge < -0.3 is 15.2 Å². The van der Waals surface area contributed by atoms with Crippen molar-refractivity contribution in [2.24, 2.45) is 5.73 Å². The van der Waals surface area contributed by atoms with E-state index in [-0.39, 0.29) is 47.7 Å². The zero-order valence-electron chi connectivity index (χ0n) is 25.0. The average molecular weight is 660 g/mol. The number of ether oxygens (including phenoxy) is 2. The Morgan fingerprint density at radius 1 is 0.872 bits per heavy atom. The molecule has 0 aromatic heterocycles. The standard InChI is InChI=1S/C34H30FN3O8S/c35-29-18-8-7-17-28(29)34(19-10-20-38(34)47(43,44)27-15-5-2-6-16-27)32(41)46-30(39)22-37(33(36)42)26-14-9-13-25(21-26)31(40)45-23-24-11-3-1-4-12-24/h1-9,11-18,21H,10,19-20,22-23H2,(H2,36,42). The van der Waals surface area contributed by atoms with Crippen molar-refractivity contribution in [3.05, 3.63) is 132 Å². The van der Waals surface area contributed by atoms with E-state index >= 15 is 4.39 Å². The van der Waals surface area contributed by atoms with Crippen LogP contribution in [-0.2, 0) is 41.2 Å². The molecule has 2 N–H and O–H groups in total. The molecule has 242 valence electrons. The lowest BCUT2D eigenvalue weighted by Gasteiger charge is -2.35. The smallest absolute Gasteiger partial charge is 0.340 e. The van der Waals surface area contributed by atoms with E-state index in [9.17, 15) is 27.6 Å². The quantitative estimate of drug-likeness (QED) is 0.193. The Hall–Kier alpha value is -5.40. The highest BCUT2D eigenvalue weighted by Gasteiger charge is 2.57. The first-order valence-corrected chi connectivity index (χ1v) is 15.9. The number of hydrogen-bond donors (Lipinski definition) is 1. The molecule has 4 aromatic carbocycles. The lowest BCUT2D eigenvalue weighted by molar-refractivity contribution is -0.166. The third-order valence-electron chi connectivity index (χ3n) is 7.68. The monoisotopic (exact) mass is 659 g/mol. The number of carbonyl (C=O) groups is 4. The normalized spacial score (nSPS) is 16.3. The zero-order valence-corrected chi connectivity index (χ0v) is 25.8. The number of anilines is 1. The van der Waals surface area contributed by atoms with E-state index < -0.39 is 51.9 Å². The Morgan fingerprint density at radius 2 is 1.53 bits per heavy atom. The number of benzene rings is 4. The van der Waals surface area contributed by atoms with Crippen molar-refractivity contribution in [2.45, 2.75) is 29.9 Å². The highest BCUT2D eigenvalue weighted by atomic mass is 32.2. The number of halogens is 1. The molecule has 1 fully saturated rings. The van der Waals surface area contributed by atoms with Gasteiger partial charge in [-0.3, -0.25) is 4.90 Å². The van der Waals surface area contributed by atoms with Gasteiger partial charge in [0.05, 0.1) is 10.5 Å². The van der Waals surface area contributed by atoms with Crippen LogP contribution in [0.1, 0.15) is 34.3 Å². The fraction of sp³-hybridized carbons (Fsp3) is 0.176. The second kappa shape index (κ2) is 13.9. The predicted molar refractivity (Wildman–Crippen MR) is 168 cm³/mol. The Balaban J connectivity index is 1.39. The molecule has 1 aliphatic rings.